The van der Waals surface area contributed by atoms with E-state index < -0.39 is 138 Å². The van der Waals surface area contributed by atoms with Crippen molar-refractivity contribution in [2.24, 2.45) is 0 Å². The van der Waals surface area contributed by atoms with Gasteiger partial charge in [-0.2, -0.15) is 31.6 Å². The predicted octanol–water partition coefficient (Wildman–Crippen LogP) is 6.87. The first-order chi connectivity index (χ1) is 24.2. The van der Waals surface area contributed by atoms with Gasteiger partial charge in [0.15, 0.2) is 11.4 Å². The second-order valence-electron chi connectivity index (χ2n) is 7.68. The fourth-order valence-corrected chi connectivity index (χ4v) is 3.80. The van der Waals surface area contributed by atoms with E-state index in [1.807, 2.05) is 0 Å². The second-order valence-corrected chi connectivity index (χ2v) is 7.68. The lowest BCUT2D eigenvalue weighted by atomic mass is 9.97. The molecule has 0 spiro atoms. The maximum Gasteiger partial charge on any atom is 0.202 e. The minimum absolute atomic E-state index is 0.503. The number of benzene rings is 3. The molecular weight excluding hydrogens is 522 g/mol. The van der Waals surface area contributed by atoms with Gasteiger partial charge >= 0.3 is 0 Å². The average Bonchev–Trinajstić information content (AvgIpc) is 3.83. The molecule has 0 unspecified atom stereocenters. The first-order valence-corrected chi connectivity index (χ1v) is 10.9. The Hall–Kier alpha value is -7.71. The lowest BCUT2D eigenvalue weighted by Gasteiger charge is -2.04. The third kappa shape index (κ3) is 4.56. The van der Waals surface area contributed by atoms with Crippen LogP contribution < -0.4 is 0 Å². The highest BCUT2D eigenvalue weighted by molar-refractivity contribution is 6.12. The molecule has 0 amide bonds. The summed E-state index contributed by atoms with van der Waals surface area (Å²) in [6.07, 6.45) is 0. The van der Waals surface area contributed by atoms with Gasteiger partial charge in [0.2, 0.25) is 5.70 Å². The van der Waals surface area contributed by atoms with Crippen molar-refractivity contribution in [2.75, 3.05) is 0 Å². The highest BCUT2D eigenvalue weighted by Crippen LogP contribution is 2.57. The van der Waals surface area contributed by atoms with Crippen LogP contribution in [0.4, 0.5) is 11.4 Å². The van der Waals surface area contributed by atoms with E-state index in [1.165, 1.54) is 0 Å². The van der Waals surface area contributed by atoms with Gasteiger partial charge in [-0.1, -0.05) is 30.2 Å². The zero-order valence-electron chi connectivity index (χ0n) is 29.5. The Kier molecular flexibility index (Phi) is 4.79. The predicted molar refractivity (Wildman–Crippen MR) is 149 cm³/mol. The van der Waals surface area contributed by atoms with Crippen molar-refractivity contribution >= 4 is 28.2 Å². The van der Waals surface area contributed by atoms with Crippen molar-refractivity contribution in [1.29, 1.82) is 31.6 Å². The van der Waals surface area contributed by atoms with E-state index in [-0.39, 0.29) is 0 Å². The lowest BCUT2D eigenvalue weighted by molar-refractivity contribution is 1.42. The molecule has 0 N–H and O–H groups in total. The molecule has 9 heteroatoms. The summed E-state index contributed by atoms with van der Waals surface area (Å²) in [7, 11) is 0. The van der Waals surface area contributed by atoms with Crippen molar-refractivity contribution < 1.29 is 12.3 Å². The molecule has 3 aromatic carbocycles. The molecule has 0 saturated heterocycles. The van der Waals surface area contributed by atoms with Crippen LogP contribution in [0.1, 0.15) is 51.3 Å². The van der Waals surface area contributed by atoms with Crippen molar-refractivity contribution in [1.82, 2.24) is 0 Å². The van der Waals surface area contributed by atoms with Crippen molar-refractivity contribution in [3.63, 3.8) is 0 Å². The third-order valence-electron chi connectivity index (χ3n) is 5.57. The molecule has 9 nitrogen and oxygen atoms in total. The molecule has 0 heterocycles. The Labute approximate surface area is 253 Å². The van der Waals surface area contributed by atoms with Crippen LogP contribution in [0.25, 0.3) is 31.4 Å². The quantitative estimate of drug-likeness (QED) is 0.260. The number of hydrogen-bond donors (Lipinski definition) is 0. The van der Waals surface area contributed by atoms with Crippen molar-refractivity contribution in [3.05, 3.63) is 144 Å². The highest BCUT2D eigenvalue weighted by atomic mass is 14.7. The van der Waals surface area contributed by atoms with Crippen LogP contribution in [0.15, 0.2) is 71.1 Å². The first-order valence-electron chi connectivity index (χ1n) is 15.4. The Balaban J connectivity index is 2.48. The molecule has 4 rings (SSSR count). The summed E-state index contributed by atoms with van der Waals surface area (Å²) in [5, 5.41) is 60.3. The van der Waals surface area contributed by atoms with Gasteiger partial charge in [0.05, 0.1) is 86.1 Å². The smallest absolute Gasteiger partial charge is 0.202 e. The first kappa shape index (κ1) is 17.7. The summed E-state index contributed by atoms with van der Waals surface area (Å²) in [4.78, 5) is 9.64. The van der Waals surface area contributed by atoms with Gasteiger partial charge in [0, 0.05) is 20.8 Å². The van der Waals surface area contributed by atoms with Gasteiger partial charge in [-0.15, -0.1) is 0 Å². The minimum Gasteiger partial charge on any atom is -0.238 e. The Morgan fingerprint density at radius 2 is 1.14 bits per heavy atom. The monoisotopic (exact) mass is 540 g/mol. The van der Waals surface area contributed by atoms with Crippen LogP contribution in [0.2, 0.25) is 0 Å². The normalized spacial score (nSPS) is 17.4. The average molecular weight is 541 g/mol. The summed E-state index contributed by atoms with van der Waals surface area (Å²) < 4.78 is 75.1. The SMILES string of the molecule is [2H]c1c([2H])c([N+]#[C-])c(/C(C#N)=C2\C(=C(/C#N)c3c([2H])c(C#N)c([2H])c([2H])c3C#N)\C2=C(/[N+]#[C-])c2c([2H])c([N+]#[C-])c([2H])c([2H])c2C#N)c([2H])c1C#N. The van der Waals surface area contributed by atoms with Crippen LogP contribution in [-0.4, -0.2) is 0 Å². The molecule has 186 valence electrons. The molecule has 1 fully saturated rings. The number of nitriles is 6. The van der Waals surface area contributed by atoms with E-state index in [1.54, 1.807) is 36.4 Å². The molecule has 0 radical (unpaired) electrons. The zero-order chi connectivity index (χ0) is 38.2. The van der Waals surface area contributed by atoms with Gasteiger partial charge in [-0.25, -0.2) is 14.5 Å². The number of allylic oxidation sites excluding steroid dienone is 5. The summed E-state index contributed by atoms with van der Waals surface area (Å²) >= 11 is 0. The molecule has 0 aliphatic heterocycles. The minimum atomic E-state index is -0.879. The van der Waals surface area contributed by atoms with E-state index in [9.17, 15) is 31.6 Å². The molecular formula is C33H9N9. The zero-order valence-corrected chi connectivity index (χ0v) is 20.5. The van der Waals surface area contributed by atoms with E-state index in [0.717, 1.165) is 0 Å². The van der Waals surface area contributed by atoms with Gasteiger partial charge < -0.3 is 0 Å². The Morgan fingerprint density at radius 1 is 0.595 bits per heavy atom. The van der Waals surface area contributed by atoms with Crippen LogP contribution in [0.3, 0.4) is 0 Å². The lowest BCUT2D eigenvalue weighted by Crippen LogP contribution is -1.91. The molecule has 0 aromatic heterocycles. The van der Waals surface area contributed by atoms with E-state index in [4.69, 9.17) is 32.1 Å². The number of rotatable bonds is 3. The fourth-order valence-electron chi connectivity index (χ4n) is 3.80. The molecule has 1 aliphatic rings. The van der Waals surface area contributed by atoms with Gasteiger partial charge in [0.1, 0.15) is 6.07 Å². The standard InChI is InChI=1S/C33H9N9/c1-40-23-8-7-22(16-37)25(12-23)33(42-3)32-30(27(17-38)24-10-19(13-34)4-6-21(24)15-36)31(32)28(18-39)26-11-20(14-35)5-9-29(26)41-2/h4-12H/b30-27-,31-28+,33-32+/i4D,5D,6D,7D,8D,9D,10D,11D,12D. The van der Waals surface area contributed by atoms with Gasteiger partial charge in [-0.05, 0) is 46.5 Å². The van der Waals surface area contributed by atoms with Gasteiger partial charge in [-0.3, -0.25) is 0 Å². The molecule has 0 bridgehead atoms. The van der Waals surface area contributed by atoms with Gasteiger partial charge in [0.25, 0.3) is 0 Å². The number of hydrogen-bond acceptors (Lipinski definition) is 6. The van der Waals surface area contributed by atoms with Crippen LogP contribution in [0, 0.1) is 87.7 Å². The molecule has 1 aliphatic carbocycles. The van der Waals surface area contributed by atoms with E-state index >= 15 is 0 Å². The molecule has 42 heavy (non-hydrogen) atoms. The second kappa shape index (κ2) is 11.4. The van der Waals surface area contributed by atoms with E-state index in [2.05, 4.69) is 14.5 Å². The van der Waals surface area contributed by atoms with Crippen LogP contribution >= 0.6 is 0 Å². The molecule has 1 saturated carbocycles. The topological polar surface area (TPSA) is 156 Å². The van der Waals surface area contributed by atoms with Crippen LogP contribution in [-0.2, 0) is 0 Å². The summed E-state index contributed by atoms with van der Waals surface area (Å²) in [6.45, 7) is 23.2. The van der Waals surface area contributed by atoms with Crippen LogP contribution in [0.5, 0.6) is 0 Å². The summed E-state index contributed by atoms with van der Waals surface area (Å²) in [5.74, 6) is 0. The maximum absolute atomic E-state index is 10.5. The Morgan fingerprint density at radius 3 is 1.67 bits per heavy atom. The third-order valence-corrected chi connectivity index (χ3v) is 5.57. The summed E-state index contributed by atoms with van der Waals surface area (Å²) in [5.41, 5.74) is -10.3. The van der Waals surface area contributed by atoms with Crippen molar-refractivity contribution in [2.45, 2.75) is 0 Å². The fraction of sp³-hybridized carbons (Fsp3) is 0. The van der Waals surface area contributed by atoms with Crippen molar-refractivity contribution in [3.8, 4) is 36.4 Å². The largest absolute Gasteiger partial charge is 0.238 e. The molecule has 0 atom stereocenters. The Bertz CT molecular complexity index is 2420. The summed E-state index contributed by atoms with van der Waals surface area (Å²) in [6, 6.07) is 2.08. The highest BCUT2D eigenvalue weighted by Gasteiger charge is 2.42. The van der Waals surface area contributed by atoms with E-state index in [0.29, 0.717) is 0 Å². The maximum atomic E-state index is 10.5. The number of nitrogens with zero attached hydrogens (tertiary/aromatic N) is 9. The molecule has 3 aromatic rings.